The zero-order chi connectivity index (χ0) is 15.4. The van der Waals surface area contributed by atoms with Gasteiger partial charge in [-0.1, -0.05) is 23.2 Å². The molecule has 1 amide bonds. The molecule has 1 heterocycles. The maximum absolute atomic E-state index is 11.9. The highest BCUT2D eigenvalue weighted by atomic mass is 35.5. The van der Waals surface area contributed by atoms with Crippen molar-refractivity contribution in [2.24, 2.45) is 0 Å². The van der Waals surface area contributed by atoms with Crippen molar-refractivity contribution in [2.75, 3.05) is 6.54 Å². The summed E-state index contributed by atoms with van der Waals surface area (Å²) in [6.07, 6.45) is 3.81. The lowest BCUT2D eigenvalue weighted by Crippen LogP contribution is -2.26. The number of amides is 1. The van der Waals surface area contributed by atoms with E-state index < -0.39 is 16.5 Å². The third-order valence-corrected chi connectivity index (χ3v) is 3.46. The standard InChI is InChI=1S/C12H10Cl2N4O3/c13-8-5-7(6-9(11(8)14)18(20)21)12(19)17-2-1-10-15-3-4-16-10/h3-6H,1-2H2,(H,15,16)(H,17,19). The average molecular weight is 329 g/mol. The number of rotatable bonds is 5. The van der Waals surface area contributed by atoms with Gasteiger partial charge in [0.25, 0.3) is 11.6 Å². The quantitative estimate of drug-likeness (QED) is 0.650. The molecule has 2 N–H and O–H groups in total. The molecule has 0 aliphatic carbocycles. The number of benzene rings is 1. The van der Waals surface area contributed by atoms with Gasteiger partial charge in [0.2, 0.25) is 0 Å². The highest BCUT2D eigenvalue weighted by Gasteiger charge is 2.19. The van der Waals surface area contributed by atoms with Crippen LogP contribution in [0.5, 0.6) is 0 Å². The van der Waals surface area contributed by atoms with Crippen molar-refractivity contribution >= 4 is 34.8 Å². The van der Waals surface area contributed by atoms with Crippen LogP contribution in [0.3, 0.4) is 0 Å². The molecule has 2 rings (SSSR count). The predicted molar refractivity (Wildman–Crippen MR) is 77.7 cm³/mol. The molecule has 0 spiro atoms. The summed E-state index contributed by atoms with van der Waals surface area (Å²) in [7, 11) is 0. The first-order valence-corrected chi connectivity index (χ1v) is 6.64. The molecule has 7 nitrogen and oxygen atoms in total. The van der Waals surface area contributed by atoms with Crippen molar-refractivity contribution in [1.82, 2.24) is 15.3 Å². The highest BCUT2D eigenvalue weighted by Crippen LogP contribution is 2.32. The molecular formula is C12H10Cl2N4O3. The molecule has 1 aromatic heterocycles. The Morgan fingerprint density at radius 1 is 1.43 bits per heavy atom. The fourth-order valence-corrected chi connectivity index (χ4v) is 2.06. The van der Waals surface area contributed by atoms with E-state index in [1.807, 2.05) is 0 Å². The molecule has 0 aliphatic rings. The number of hydrogen-bond acceptors (Lipinski definition) is 4. The SMILES string of the molecule is O=C(NCCc1ncc[nH]1)c1cc(Cl)c(Cl)c([N+](=O)[O-])c1. The fourth-order valence-electron chi connectivity index (χ4n) is 1.67. The van der Waals surface area contributed by atoms with E-state index in [-0.39, 0.29) is 15.6 Å². The maximum Gasteiger partial charge on any atom is 0.290 e. The Labute approximate surface area is 129 Å². The Hall–Kier alpha value is -2.12. The second kappa shape index (κ2) is 6.55. The van der Waals surface area contributed by atoms with Crippen LogP contribution in [-0.4, -0.2) is 27.3 Å². The summed E-state index contributed by atoms with van der Waals surface area (Å²) < 4.78 is 0. The van der Waals surface area contributed by atoms with Crippen LogP contribution in [-0.2, 0) is 6.42 Å². The van der Waals surface area contributed by atoms with Gasteiger partial charge < -0.3 is 10.3 Å². The minimum absolute atomic E-state index is 0.0398. The summed E-state index contributed by atoms with van der Waals surface area (Å²) in [5, 5.41) is 13.2. The summed E-state index contributed by atoms with van der Waals surface area (Å²) in [5.41, 5.74) is -0.323. The largest absolute Gasteiger partial charge is 0.352 e. The van der Waals surface area contributed by atoms with Gasteiger partial charge in [0.1, 0.15) is 10.8 Å². The first-order valence-electron chi connectivity index (χ1n) is 5.89. The lowest BCUT2D eigenvalue weighted by atomic mass is 10.2. The van der Waals surface area contributed by atoms with E-state index in [0.717, 1.165) is 11.9 Å². The van der Waals surface area contributed by atoms with E-state index >= 15 is 0 Å². The number of aromatic nitrogens is 2. The summed E-state index contributed by atoms with van der Waals surface area (Å²) in [6.45, 7) is 0.334. The molecule has 0 bridgehead atoms. The van der Waals surface area contributed by atoms with E-state index in [1.54, 1.807) is 12.4 Å². The number of nitro groups is 1. The van der Waals surface area contributed by atoms with Gasteiger partial charge in [0.05, 0.1) is 9.95 Å². The summed E-state index contributed by atoms with van der Waals surface area (Å²) in [4.78, 5) is 29.0. The van der Waals surface area contributed by atoms with Crippen LogP contribution in [0, 0.1) is 10.1 Å². The number of hydrogen-bond donors (Lipinski definition) is 2. The molecular weight excluding hydrogens is 319 g/mol. The summed E-state index contributed by atoms with van der Waals surface area (Å²) in [6, 6.07) is 2.38. The van der Waals surface area contributed by atoms with E-state index in [1.165, 1.54) is 6.07 Å². The maximum atomic E-state index is 11.9. The molecule has 0 radical (unpaired) electrons. The lowest BCUT2D eigenvalue weighted by Gasteiger charge is -2.06. The zero-order valence-electron chi connectivity index (χ0n) is 10.6. The van der Waals surface area contributed by atoms with Gasteiger partial charge in [-0.05, 0) is 6.07 Å². The number of aromatic amines is 1. The van der Waals surface area contributed by atoms with Crippen molar-refractivity contribution in [1.29, 1.82) is 0 Å². The number of carbonyl (C=O) groups excluding carboxylic acids is 1. The second-order valence-electron chi connectivity index (χ2n) is 4.09. The normalized spacial score (nSPS) is 10.4. The molecule has 9 heteroatoms. The number of halogens is 2. The number of nitro benzene ring substituents is 1. The third kappa shape index (κ3) is 3.71. The van der Waals surface area contributed by atoms with Crippen molar-refractivity contribution in [3.63, 3.8) is 0 Å². The van der Waals surface area contributed by atoms with Crippen LogP contribution < -0.4 is 5.32 Å². The molecule has 0 aliphatic heterocycles. The van der Waals surface area contributed by atoms with Gasteiger partial charge in [-0.2, -0.15) is 0 Å². The third-order valence-electron chi connectivity index (χ3n) is 2.67. The predicted octanol–water partition coefficient (Wildman–Crippen LogP) is 2.60. The van der Waals surface area contributed by atoms with Gasteiger partial charge in [0, 0.05) is 37.0 Å². The van der Waals surface area contributed by atoms with Crippen molar-refractivity contribution < 1.29 is 9.72 Å². The first kappa shape index (κ1) is 15.3. The van der Waals surface area contributed by atoms with Crippen molar-refractivity contribution in [2.45, 2.75) is 6.42 Å². The van der Waals surface area contributed by atoms with Gasteiger partial charge in [-0.25, -0.2) is 4.98 Å². The Morgan fingerprint density at radius 2 is 2.19 bits per heavy atom. The molecule has 2 aromatic rings. The molecule has 0 atom stereocenters. The number of nitrogens with zero attached hydrogens (tertiary/aromatic N) is 2. The van der Waals surface area contributed by atoms with Gasteiger partial charge in [-0.15, -0.1) is 0 Å². The number of nitrogens with one attached hydrogen (secondary N) is 2. The Kier molecular flexibility index (Phi) is 4.77. The van der Waals surface area contributed by atoms with E-state index in [4.69, 9.17) is 23.2 Å². The molecule has 0 saturated heterocycles. The minimum Gasteiger partial charge on any atom is -0.352 e. The fraction of sp³-hybridized carbons (Fsp3) is 0.167. The highest BCUT2D eigenvalue weighted by molar-refractivity contribution is 6.43. The van der Waals surface area contributed by atoms with Crippen LogP contribution in [0.4, 0.5) is 5.69 Å². The van der Waals surface area contributed by atoms with Crippen LogP contribution in [0.15, 0.2) is 24.5 Å². The zero-order valence-corrected chi connectivity index (χ0v) is 12.1. The van der Waals surface area contributed by atoms with Gasteiger partial charge in [0.15, 0.2) is 0 Å². The topological polar surface area (TPSA) is 101 Å². The first-order chi connectivity index (χ1) is 9.99. The van der Waals surface area contributed by atoms with E-state index in [9.17, 15) is 14.9 Å². The molecule has 21 heavy (non-hydrogen) atoms. The number of H-pyrrole nitrogens is 1. The lowest BCUT2D eigenvalue weighted by molar-refractivity contribution is -0.384. The molecule has 0 saturated carbocycles. The molecule has 0 fully saturated rings. The van der Waals surface area contributed by atoms with Gasteiger partial charge >= 0.3 is 0 Å². The molecule has 110 valence electrons. The van der Waals surface area contributed by atoms with E-state index in [0.29, 0.717) is 13.0 Å². The van der Waals surface area contributed by atoms with Crippen LogP contribution in [0.25, 0.3) is 0 Å². The number of carbonyl (C=O) groups is 1. The smallest absolute Gasteiger partial charge is 0.290 e. The van der Waals surface area contributed by atoms with Crippen molar-refractivity contribution in [3.05, 3.63) is 56.1 Å². The summed E-state index contributed by atoms with van der Waals surface area (Å²) in [5.74, 6) is 0.263. The van der Waals surface area contributed by atoms with Crippen molar-refractivity contribution in [3.8, 4) is 0 Å². The van der Waals surface area contributed by atoms with Crippen LogP contribution in [0.2, 0.25) is 10.0 Å². The summed E-state index contributed by atoms with van der Waals surface area (Å²) >= 11 is 11.5. The van der Waals surface area contributed by atoms with E-state index in [2.05, 4.69) is 15.3 Å². The van der Waals surface area contributed by atoms with Crippen LogP contribution >= 0.6 is 23.2 Å². The average Bonchev–Trinajstić information content (AvgIpc) is 2.94. The number of imidazole rings is 1. The Bertz CT molecular complexity index is 673. The van der Waals surface area contributed by atoms with Crippen LogP contribution in [0.1, 0.15) is 16.2 Å². The van der Waals surface area contributed by atoms with Gasteiger partial charge in [-0.3, -0.25) is 14.9 Å². The Morgan fingerprint density at radius 3 is 2.81 bits per heavy atom. The second-order valence-corrected chi connectivity index (χ2v) is 4.88. The minimum atomic E-state index is -0.687. The molecule has 1 aromatic carbocycles. The molecule has 0 unspecified atom stereocenters. The Balaban J connectivity index is 2.07. The monoisotopic (exact) mass is 328 g/mol.